The zero-order chi connectivity index (χ0) is 44.6. The molecule has 0 aliphatic heterocycles. The molecule has 60 heavy (non-hydrogen) atoms. The zero-order valence-corrected chi connectivity index (χ0v) is 36.6. The Labute approximate surface area is 356 Å². The Morgan fingerprint density at radius 3 is 1.28 bits per heavy atom. The summed E-state index contributed by atoms with van der Waals surface area (Å²) >= 11 is 3.30. The van der Waals surface area contributed by atoms with E-state index in [4.69, 9.17) is 43.7 Å². The molecule has 0 atom stereocenters. The van der Waals surface area contributed by atoms with E-state index in [2.05, 4.69) is 66.1 Å². The second kappa shape index (κ2) is 25.9. The van der Waals surface area contributed by atoms with Crippen LogP contribution in [0.3, 0.4) is 0 Å². The molecule has 0 aliphatic carbocycles. The predicted octanol–water partition coefficient (Wildman–Crippen LogP) is 5.54. The standard InChI is InChI=1S/C16H17N5O3.C9H9N3O.C7H9BrN2O2.C7H10N2O2/c1-10-5-11(2)20-13(6-10)14(7-17)21-24-8-12-15(22-3)18-9-19-16(12)23-4;1-6-3-7(2)11-8(4-6)9(5-10)12-13;1-11-6-5(3-8)7(12-2)10-4-9-6;1-5-6(10-2)8-4-9-7(5)11-3/h5-6,9H,8H2,1-4H3;3-4,13H,1-2H3;4H,3H2,1-2H3;4H,1-3H3/b21-14+;12-9+;;. The Hall–Kier alpha value is -7.26. The SMILES string of the molecule is COc1ncnc(OC)c1C.COc1ncnc(OC)c1CBr.COc1ncnc(OC)c1CO/N=C(\C#N)c1cc(C)cc(C)n1.Cc1cc(C)nc(/C(C#N)=N/O)c1. The van der Waals surface area contributed by atoms with Crippen molar-refractivity contribution in [1.29, 1.82) is 10.5 Å². The van der Waals surface area contributed by atoms with Crippen molar-refractivity contribution in [3.63, 3.8) is 0 Å². The molecule has 0 aliphatic rings. The van der Waals surface area contributed by atoms with Gasteiger partial charge in [0.1, 0.15) is 48.1 Å². The van der Waals surface area contributed by atoms with Gasteiger partial charge in [0.05, 0.1) is 53.8 Å². The van der Waals surface area contributed by atoms with Crippen LogP contribution >= 0.6 is 15.9 Å². The van der Waals surface area contributed by atoms with Crippen LogP contribution in [-0.2, 0) is 16.8 Å². The van der Waals surface area contributed by atoms with Crippen molar-refractivity contribution in [2.24, 2.45) is 10.3 Å². The molecule has 0 bridgehead atoms. The summed E-state index contributed by atoms with van der Waals surface area (Å²) in [6.07, 6.45) is 4.14. The number of nitriles is 2. The van der Waals surface area contributed by atoms with E-state index < -0.39 is 0 Å². The first kappa shape index (κ1) is 48.9. The predicted molar refractivity (Wildman–Crippen MR) is 221 cm³/mol. The number of hydrogen-bond acceptors (Lipinski definition) is 20. The molecule has 1 N–H and O–H groups in total. The zero-order valence-electron chi connectivity index (χ0n) is 35.0. The first-order chi connectivity index (χ1) is 28.9. The topological polar surface area (TPSA) is 260 Å². The molecule has 0 saturated heterocycles. The van der Waals surface area contributed by atoms with Gasteiger partial charge in [0, 0.05) is 16.7 Å². The van der Waals surface area contributed by atoms with Crippen molar-refractivity contribution in [1.82, 2.24) is 39.9 Å². The van der Waals surface area contributed by atoms with Gasteiger partial charge in [-0.05, 0) is 70.0 Å². The monoisotopic (exact) mass is 888 g/mol. The molecule has 0 amide bonds. The van der Waals surface area contributed by atoms with Crippen LogP contribution in [0.4, 0.5) is 0 Å². The van der Waals surface area contributed by atoms with E-state index in [0.717, 1.165) is 33.6 Å². The average Bonchev–Trinajstić information content (AvgIpc) is 3.25. The van der Waals surface area contributed by atoms with Gasteiger partial charge in [0.15, 0.2) is 6.61 Å². The third-order valence-electron chi connectivity index (χ3n) is 7.38. The van der Waals surface area contributed by atoms with Gasteiger partial charge < -0.3 is 38.5 Å². The number of oxime groups is 2. The van der Waals surface area contributed by atoms with Gasteiger partial charge in [-0.2, -0.15) is 10.5 Å². The number of aryl methyl sites for hydroxylation is 4. The highest BCUT2D eigenvalue weighted by Crippen LogP contribution is 2.26. The van der Waals surface area contributed by atoms with Crippen LogP contribution in [0.25, 0.3) is 0 Å². The first-order valence-electron chi connectivity index (χ1n) is 17.3. The molecular formula is C39H45BrN12O8. The number of methoxy groups -OCH3 is 6. The van der Waals surface area contributed by atoms with Crippen LogP contribution in [0.5, 0.6) is 35.3 Å². The minimum atomic E-state index is -0.0631. The quantitative estimate of drug-likeness (QED) is 0.0697. The fourth-order valence-corrected chi connectivity index (χ4v) is 5.36. The number of ether oxygens (including phenoxy) is 6. The maximum atomic E-state index is 9.29. The number of rotatable bonds is 12. The lowest BCUT2D eigenvalue weighted by atomic mass is 10.2. The van der Waals surface area contributed by atoms with Crippen LogP contribution in [-0.4, -0.2) is 99.2 Å². The van der Waals surface area contributed by atoms with Gasteiger partial charge in [-0.25, -0.2) is 29.9 Å². The molecule has 316 valence electrons. The third-order valence-corrected chi connectivity index (χ3v) is 7.94. The van der Waals surface area contributed by atoms with Crippen molar-refractivity contribution in [2.45, 2.75) is 46.6 Å². The second-order valence-corrected chi connectivity index (χ2v) is 12.2. The van der Waals surface area contributed by atoms with E-state index in [1.165, 1.54) is 33.2 Å². The molecule has 0 saturated carbocycles. The largest absolute Gasteiger partial charge is 0.481 e. The summed E-state index contributed by atoms with van der Waals surface area (Å²) in [4.78, 5) is 37.3. The number of alkyl halides is 1. The summed E-state index contributed by atoms with van der Waals surface area (Å²) in [5.74, 6) is 2.83. The molecule has 5 aromatic rings. The molecular weight excluding hydrogens is 844 g/mol. The molecule has 0 aromatic carbocycles. The lowest BCUT2D eigenvalue weighted by molar-refractivity contribution is 0.125. The summed E-state index contributed by atoms with van der Waals surface area (Å²) < 4.78 is 30.2. The fourth-order valence-electron chi connectivity index (χ4n) is 4.88. The molecule has 21 heteroatoms. The van der Waals surface area contributed by atoms with E-state index in [1.807, 2.05) is 52.8 Å². The molecule has 5 rings (SSSR count). The van der Waals surface area contributed by atoms with E-state index in [-0.39, 0.29) is 18.0 Å². The first-order valence-corrected chi connectivity index (χ1v) is 18.4. The summed E-state index contributed by atoms with van der Waals surface area (Å²) in [5, 5.41) is 33.7. The van der Waals surface area contributed by atoms with E-state index in [0.29, 0.717) is 57.6 Å². The normalized spacial score (nSPS) is 10.4. The Balaban J connectivity index is 0.000000294. The Morgan fingerprint density at radius 1 is 0.583 bits per heavy atom. The van der Waals surface area contributed by atoms with E-state index >= 15 is 0 Å². The van der Waals surface area contributed by atoms with Gasteiger partial charge in [0.25, 0.3) is 0 Å². The molecule has 0 unspecified atom stereocenters. The van der Waals surface area contributed by atoms with E-state index in [1.54, 1.807) is 46.6 Å². The van der Waals surface area contributed by atoms with Crippen molar-refractivity contribution in [3.8, 4) is 47.4 Å². The van der Waals surface area contributed by atoms with Gasteiger partial charge in [-0.3, -0.25) is 9.97 Å². The maximum Gasteiger partial charge on any atom is 0.226 e. The number of aromatic nitrogens is 8. The van der Waals surface area contributed by atoms with Crippen LogP contribution in [0.2, 0.25) is 0 Å². The summed E-state index contributed by atoms with van der Waals surface area (Å²) in [7, 11) is 9.22. The third kappa shape index (κ3) is 14.6. The van der Waals surface area contributed by atoms with Crippen molar-refractivity contribution in [3.05, 3.63) is 93.8 Å². The number of nitrogens with zero attached hydrogens (tertiary/aromatic N) is 12. The Bertz CT molecular complexity index is 2210. The Morgan fingerprint density at radius 2 is 0.950 bits per heavy atom. The minimum Gasteiger partial charge on any atom is -0.481 e. The Kier molecular flexibility index (Phi) is 21.1. The van der Waals surface area contributed by atoms with Crippen molar-refractivity contribution < 1.29 is 38.5 Å². The summed E-state index contributed by atoms with van der Waals surface area (Å²) in [6, 6.07) is 11.0. The summed E-state index contributed by atoms with van der Waals surface area (Å²) in [6.45, 7) is 9.32. The molecule has 0 spiro atoms. The molecule has 5 aromatic heterocycles. The van der Waals surface area contributed by atoms with Crippen LogP contribution in [0.1, 0.15) is 50.6 Å². The van der Waals surface area contributed by atoms with Gasteiger partial charge in [-0.15, -0.1) is 0 Å². The van der Waals surface area contributed by atoms with Crippen molar-refractivity contribution in [2.75, 3.05) is 42.7 Å². The highest BCUT2D eigenvalue weighted by molar-refractivity contribution is 9.08. The molecule has 20 nitrogen and oxygen atoms in total. The number of pyridine rings is 2. The smallest absolute Gasteiger partial charge is 0.226 e. The fraction of sp³-hybridized carbons (Fsp3) is 0.333. The molecule has 0 radical (unpaired) electrons. The minimum absolute atomic E-state index is 0.0107. The highest BCUT2D eigenvalue weighted by atomic mass is 79.9. The highest BCUT2D eigenvalue weighted by Gasteiger charge is 2.15. The second-order valence-electron chi connectivity index (χ2n) is 11.6. The summed E-state index contributed by atoms with van der Waals surface area (Å²) in [5.41, 5.74) is 6.58. The van der Waals surface area contributed by atoms with Crippen LogP contribution in [0.15, 0.2) is 53.6 Å². The van der Waals surface area contributed by atoms with Gasteiger partial charge in [0.2, 0.25) is 46.7 Å². The average molecular weight is 890 g/mol. The number of halogens is 1. The van der Waals surface area contributed by atoms with E-state index in [9.17, 15) is 5.26 Å². The molecule has 0 fully saturated rings. The number of hydrogen-bond donors (Lipinski definition) is 1. The van der Waals surface area contributed by atoms with Gasteiger partial charge in [-0.1, -0.05) is 26.2 Å². The lowest BCUT2D eigenvalue weighted by Crippen LogP contribution is -2.05. The lowest BCUT2D eigenvalue weighted by Gasteiger charge is -2.09. The molecule has 5 heterocycles. The maximum absolute atomic E-state index is 9.29. The van der Waals surface area contributed by atoms with Gasteiger partial charge >= 0.3 is 0 Å². The van der Waals surface area contributed by atoms with Crippen LogP contribution in [0, 0.1) is 57.3 Å². The van der Waals surface area contributed by atoms with Crippen molar-refractivity contribution >= 4 is 27.4 Å². The van der Waals surface area contributed by atoms with Crippen LogP contribution < -0.4 is 28.4 Å².